The van der Waals surface area contributed by atoms with Crippen LogP contribution < -0.4 is 4.72 Å². The van der Waals surface area contributed by atoms with E-state index in [-0.39, 0.29) is 17.1 Å². The minimum atomic E-state index is -4.18. The van der Waals surface area contributed by atoms with Gasteiger partial charge in [0.05, 0.1) is 5.56 Å². The highest BCUT2D eigenvalue weighted by Crippen LogP contribution is 2.18. The minimum absolute atomic E-state index is 0.00383. The number of aryl methyl sites for hydroxylation is 1. The van der Waals surface area contributed by atoms with Gasteiger partial charge in [0.2, 0.25) is 0 Å². The van der Waals surface area contributed by atoms with E-state index < -0.39 is 16.1 Å². The summed E-state index contributed by atoms with van der Waals surface area (Å²) in [6.07, 6.45) is -1.10. The number of nitrogens with one attached hydrogen (secondary N) is 1. The lowest BCUT2D eigenvalue weighted by Crippen LogP contribution is -2.31. The first-order valence-corrected chi connectivity index (χ1v) is 8.15. The molecule has 0 saturated heterocycles. The second-order valence-electron chi connectivity index (χ2n) is 4.73. The Bertz CT molecular complexity index is 855. The fraction of sp³-hybridized carbons (Fsp3) is 0.125. The number of ether oxygens (including phenoxy) is 1. The molecule has 0 heterocycles. The van der Waals surface area contributed by atoms with Crippen molar-refractivity contribution in [3.8, 4) is 6.07 Å². The largest absolute Gasteiger partial charge is 0.444 e. The molecule has 1 amide bonds. The fourth-order valence-corrected chi connectivity index (χ4v) is 3.05. The molecule has 0 radical (unpaired) electrons. The van der Waals surface area contributed by atoms with Crippen molar-refractivity contribution in [2.75, 3.05) is 0 Å². The molecular formula is C16H14N2O4S. The summed E-state index contributed by atoms with van der Waals surface area (Å²) in [6, 6.07) is 15.1. The van der Waals surface area contributed by atoms with Crippen LogP contribution in [0.5, 0.6) is 0 Å². The van der Waals surface area contributed by atoms with Gasteiger partial charge in [-0.15, -0.1) is 0 Å². The Labute approximate surface area is 134 Å². The molecule has 1 N–H and O–H groups in total. The standard InChI is InChI=1S/C16H14N2O4S/c1-12-6-5-9-15(14(12)10-17)23(20,21)18-16(19)22-11-13-7-3-2-4-8-13/h2-9H,11H2,1H3,(H,18,19). The second-order valence-corrected chi connectivity index (χ2v) is 6.38. The van der Waals surface area contributed by atoms with Crippen LogP contribution in [-0.2, 0) is 21.4 Å². The summed E-state index contributed by atoms with van der Waals surface area (Å²) in [4.78, 5) is 11.4. The van der Waals surface area contributed by atoms with Gasteiger partial charge in [-0.1, -0.05) is 42.5 Å². The van der Waals surface area contributed by atoms with Gasteiger partial charge >= 0.3 is 6.09 Å². The monoisotopic (exact) mass is 330 g/mol. The number of hydrogen-bond donors (Lipinski definition) is 1. The third kappa shape index (κ3) is 4.08. The topological polar surface area (TPSA) is 96.3 Å². The minimum Gasteiger partial charge on any atom is -0.444 e. The summed E-state index contributed by atoms with van der Waals surface area (Å²) < 4.78 is 31.1. The van der Waals surface area contributed by atoms with Gasteiger partial charge in [0.1, 0.15) is 17.6 Å². The quantitative estimate of drug-likeness (QED) is 0.929. The number of rotatable bonds is 4. The number of benzene rings is 2. The molecular weight excluding hydrogens is 316 g/mol. The van der Waals surface area contributed by atoms with Crippen molar-refractivity contribution in [1.82, 2.24) is 4.72 Å². The van der Waals surface area contributed by atoms with Crippen LogP contribution in [0.3, 0.4) is 0 Å². The third-order valence-electron chi connectivity index (χ3n) is 3.07. The van der Waals surface area contributed by atoms with E-state index in [1.807, 2.05) is 12.1 Å². The second kappa shape index (κ2) is 6.94. The van der Waals surface area contributed by atoms with Gasteiger partial charge in [0.25, 0.3) is 10.0 Å². The van der Waals surface area contributed by atoms with Crippen LogP contribution in [0.25, 0.3) is 0 Å². The van der Waals surface area contributed by atoms with Crippen LogP contribution in [0.1, 0.15) is 16.7 Å². The summed E-state index contributed by atoms with van der Waals surface area (Å²) >= 11 is 0. The van der Waals surface area contributed by atoms with Gasteiger partial charge in [-0.2, -0.15) is 5.26 Å². The molecule has 0 bridgehead atoms. The molecule has 0 aliphatic carbocycles. The maximum atomic E-state index is 12.2. The zero-order valence-corrected chi connectivity index (χ0v) is 13.1. The predicted molar refractivity (Wildman–Crippen MR) is 82.8 cm³/mol. The molecule has 23 heavy (non-hydrogen) atoms. The van der Waals surface area contributed by atoms with Gasteiger partial charge in [0.15, 0.2) is 0 Å². The van der Waals surface area contributed by atoms with E-state index in [2.05, 4.69) is 0 Å². The summed E-state index contributed by atoms with van der Waals surface area (Å²) in [5, 5.41) is 9.09. The van der Waals surface area contributed by atoms with E-state index in [4.69, 9.17) is 10.00 Å². The van der Waals surface area contributed by atoms with Crippen molar-refractivity contribution in [1.29, 1.82) is 5.26 Å². The van der Waals surface area contributed by atoms with E-state index >= 15 is 0 Å². The Morgan fingerprint density at radius 1 is 1.17 bits per heavy atom. The number of amides is 1. The van der Waals surface area contributed by atoms with E-state index in [0.717, 1.165) is 5.56 Å². The number of carbonyl (C=O) groups is 1. The molecule has 0 aliphatic rings. The number of sulfonamides is 1. The van der Waals surface area contributed by atoms with E-state index in [1.54, 1.807) is 42.0 Å². The van der Waals surface area contributed by atoms with Crippen LogP contribution in [0.2, 0.25) is 0 Å². The highest BCUT2D eigenvalue weighted by Gasteiger charge is 2.23. The normalized spacial score (nSPS) is 10.6. The maximum Gasteiger partial charge on any atom is 0.421 e. The van der Waals surface area contributed by atoms with Gasteiger partial charge in [-0.05, 0) is 24.1 Å². The Morgan fingerprint density at radius 2 is 1.87 bits per heavy atom. The maximum absolute atomic E-state index is 12.2. The molecule has 2 aromatic rings. The average molecular weight is 330 g/mol. The van der Waals surface area contributed by atoms with Crippen LogP contribution in [0, 0.1) is 18.3 Å². The SMILES string of the molecule is Cc1cccc(S(=O)(=O)NC(=O)OCc2ccccc2)c1C#N. The Balaban J connectivity index is 2.11. The van der Waals surface area contributed by atoms with E-state index in [0.29, 0.717) is 5.56 Å². The van der Waals surface area contributed by atoms with Crippen LogP contribution in [0.15, 0.2) is 53.4 Å². The zero-order chi connectivity index (χ0) is 16.9. The molecule has 0 aliphatic heterocycles. The first-order valence-electron chi connectivity index (χ1n) is 6.67. The first kappa shape index (κ1) is 16.5. The Kier molecular flexibility index (Phi) is 4.98. The Hall–Kier alpha value is -2.85. The average Bonchev–Trinajstić information content (AvgIpc) is 2.53. The molecule has 7 heteroatoms. The van der Waals surface area contributed by atoms with Gasteiger partial charge in [-0.3, -0.25) is 0 Å². The van der Waals surface area contributed by atoms with Crippen LogP contribution in [0.4, 0.5) is 4.79 Å². The van der Waals surface area contributed by atoms with Gasteiger partial charge < -0.3 is 4.74 Å². The molecule has 0 spiro atoms. The molecule has 0 fully saturated rings. The number of nitrogens with zero attached hydrogens (tertiary/aromatic N) is 1. The molecule has 2 aromatic carbocycles. The molecule has 6 nitrogen and oxygen atoms in total. The first-order chi connectivity index (χ1) is 10.9. The predicted octanol–water partition coefficient (Wildman–Crippen LogP) is 2.48. The van der Waals surface area contributed by atoms with Gasteiger partial charge in [-0.25, -0.2) is 17.9 Å². The van der Waals surface area contributed by atoms with Crippen LogP contribution >= 0.6 is 0 Å². The van der Waals surface area contributed by atoms with Crippen molar-refractivity contribution in [3.05, 3.63) is 65.2 Å². The molecule has 0 atom stereocenters. The Morgan fingerprint density at radius 3 is 2.52 bits per heavy atom. The van der Waals surface area contributed by atoms with Crippen molar-refractivity contribution in [2.24, 2.45) is 0 Å². The van der Waals surface area contributed by atoms with Gasteiger partial charge in [0, 0.05) is 0 Å². The molecule has 118 valence electrons. The molecule has 2 rings (SSSR count). The summed E-state index contributed by atoms with van der Waals surface area (Å²) in [6.45, 7) is 1.56. The number of hydrogen-bond acceptors (Lipinski definition) is 5. The molecule has 0 unspecified atom stereocenters. The van der Waals surface area contributed by atoms with Crippen molar-refractivity contribution in [2.45, 2.75) is 18.4 Å². The smallest absolute Gasteiger partial charge is 0.421 e. The third-order valence-corrected chi connectivity index (χ3v) is 4.42. The van der Waals surface area contributed by atoms with Crippen molar-refractivity contribution in [3.63, 3.8) is 0 Å². The lowest BCUT2D eigenvalue weighted by molar-refractivity contribution is 0.146. The van der Waals surface area contributed by atoms with E-state index in [9.17, 15) is 13.2 Å². The fourth-order valence-electron chi connectivity index (χ4n) is 1.93. The van der Waals surface area contributed by atoms with Crippen LogP contribution in [-0.4, -0.2) is 14.5 Å². The number of nitriles is 1. The highest BCUT2D eigenvalue weighted by molar-refractivity contribution is 7.90. The molecule has 0 aromatic heterocycles. The zero-order valence-electron chi connectivity index (χ0n) is 12.3. The number of carbonyl (C=O) groups excluding carboxylic acids is 1. The summed E-state index contributed by atoms with van der Waals surface area (Å²) in [5.41, 5.74) is 1.23. The van der Waals surface area contributed by atoms with Crippen molar-refractivity contribution >= 4 is 16.1 Å². The van der Waals surface area contributed by atoms with E-state index in [1.165, 1.54) is 12.1 Å². The molecule has 0 saturated carbocycles. The highest BCUT2D eigenvalue weighted by atomic mass is 32.2. The lowest BCUT2D eigenvalue weighted by atomic mass is 10.1. The summed E-state index contributed by atoms with van der Waals surface area (Å²) in [7, 11) is -4.18. The summed E-state index contributed by atoms with van der Waals surface area (Å²) in [5.74, 6) is 0. The lowest BCUT2D eigenvalue weighted by Gasteiger charge is -2.10. The van der Waals surface area contributed by atoms with Crippen molar-refractivity contribution < 1.29 is 17.9 Å².